The van der Waals surface area contributed by atoms with Crippen LogP contribution in [0.2, 0.25) is 0 Å². The van der Waals surface area contributed by atoms with E-state index in [0.717, 1.165) is 6.42 Å². The molecule has 1 rings (SSSR count). The highest BCUT2D eigenvalue weighted by Gasteiger charge is 2.00. The molecule has 0 unspecified atom stereocenters. The summed E-state index contributed by atoms with van der Waals surface area (Å²) in [6.45, 7) is 4.46. The molecule has 0 spiro atoms. The van der Waals surface area contributed by atoms with Crippen LogP contribution < -0.4 is 10.5 Å². The molecule has 0 heterocycles. The smallest absolute Gasteiger partial charge is 0.248 e. The second-order valence-electron chi connectivity index (χ2n) is 4.92. The summed E-state index contributed by atoms with van der Waals surface area (Å²) >= 11 is 0. The van der Waals surface area contributed by atoms with Crippen molar-refractivity contribution in [2.75, 3.05) is 60.0 Å². The van der Waals surface area contributed by atoms with Gasteiger partial charge < -0.3 is 29.4 Å². The summed E-state index contributed by atoms with van der Waals surface area (Å²) in [6.07, 6.45) is 0.894. The first kappa shape index (κ1) is 20.4. The van der Waals surface area contributed by atoms with Crippen molar-refractivity contribution in [1.82, 2.24) is 0 Å². The van der Waals surface area contributed by atoms with Gasteiger partial charge in [0, 0.05) is 25.9 Å². The lowest BCUT2D eigenvalue weighted by Crippen LogP contribution is -2.13. The third-order valence-corrected chi connectivity index (χ3v) is 3.02. The van der Waals surface area contributed by atoms with Gasteiger partial charge in [-0.2, -0.15) is 0 Å². The van der Waals surface area contributed by atoms with Crippen molar-refractivity contribution in [2.45, 2.75) is 6.42 Å². The van der Waals surface area contributed by atoms with E-state index < -0.39 is 5.91 Å². The van der Waals surface area contributed by atoms with Gasteiger partial charge in [-0.05, 0) is 30.7 Å². The molecule has 0 saturated carbocycles. The number of hydrogen-bond donors (Lipinski definition) is 1. The number of hydrogen-bond acceptors (Lipinski definition) is 6. The fourth-order valence-corrected chi connectivity index (χ4v) is 1.78. The van der Waals surface area contributed by atoms with Crippen molar-refractivity contribution < 1.29 is 28.5 Å². The van der Waals surface area contributed by atoms with E-state index in [0.29, 0.717) is 64.2 Å². The van der Waals surface area contributed by atoms with E-state index in [9.17, 15) is 4.79 Å². The summed E-state index contributed by atoms with van der Waals surface area (Å²) in [5.74, 6) is 0.218. The lowest BCUT2D eigenvalue weighted by Gasteiger charge is -2.08. The molecular formula is C17H27NO6. The van der Waals surface area contributed by atoms with E-state index in [2.05, 4.69) is 0 Å². The second kappa shape index (κ2) is 13.7. The standard InChI is InChI=1S/C17H27NO6/c1-20-7-2-8-21-9-10-22-11-12-23-13-14-24-16-5-3-15(4-6-16)17(18)19/h3-6H,2,7-14H2,1H3,(H2,18,19). The zero-order valence-electron chi connectivity index (χ0n) is 14.2. The summed E-state index contributed by atoms with van der Waals surface area (Å²) in [7, 11) is 1.67. The molecule has 1 aromatic carbocycles. The van der Waals surface area contributed by atoms with Gasteiger partial charge in [-0.3, -0.25) is 4.79 Å². The molecule has 0 saturated heterocycles. The highest BCUT2D eigenvalue weighted by molar-refractivity contribution is 5.92. The Morgan fingerprint density at radius 3 is 1.92 bits per heavy atom. The normalized spacial score (nSPS) is 10.7. The van der Waals surface area contributed by atoms with Crippen LogP contribution in [0.15, 0.2) is 24.3 Å². The van der Waals surface area contributed by atoms with Crippen molar-refractivity contribution in [1.29, 1.82) is 0 Å². The predicted molar refractivity (Wildman–Crippen MR) is 89.4 cm³/mol. The minimum absolute atomic E-state index is 0.429. The molecule has 0 aliphatic carbocycles. The van der Waals surface area contributed by atoms with Crippen LogP contribution in [0, 0.1) is 0 Å². The molecule has 0 aliphatic heterocycles. The maximum absolute atomic E-state index is 10.9. The highest BCUT2D eigenvalue weighted by Crippen LogP contribution is 2.11. The largest absolute Gasteiger partial charge is 0.491 e. The Labute approximate surface area is 143 Å². The average Bonchev–Trinajstić information content (AvgIpc) is 2.59. The Bertz CT molecular complexity index is 437. The number of carbonyl (C=O) groups excluding carboxylic acids is 1. The van der Waals surface area contributed by atoms with E-state index in [4.69, 9.17) is 29.4 Å². The first-order valence-corrected chi connectivity index (χ1v) is 7.99. The van der Waals surface area contributed by atoms with Crippen LogP contribution in [0.25, 0.3) is 0 Å². The zero-order valence-corrected chi connectivity index (χ0v) is 14.2. The summed E-state index contributed by atoms with van der Waals surface area (Å²) in [4.78, 5) is 10.9. The average molecular weight is 341 g/mol. The molecule has 0 aromatic heterocycles. The van der Waals surface area contributed by atoms with E-state index in [1.165, 1.54) is 0 Å². The lowest BCUT2D eigenvalue weighted by atomic mass is 10.2. The molecule has 136 valence electrons. The molecule has 2 N–H and O–H groups in total. The van der Waals surface area contributed by atoms with E-state index in [1.54, 1.807) is 31.4 Å². The van der Waals surface area contributed by atoms with Gasteiger partial charge in [0.2, 0.25) is 5.91 Å². The Morgan fingerprint density at radius 1 is 0.833 bits per heavy atom. The van der Waals surface area contributed by atoms with Crippen LogP contribution in [-0.2, 0) is 18.9 Å². The third kappa shape index (κ3) is 10.2. The van der Waals surface area contributed by atoms with Gasteiger partial charge in [0.1, 0.15) is 12.4 Å². The SMILES string of the molecule is COCCCOCCOCCOCCOc1ccc(C(N)=O)cc1. The fraction of sp³-hybridized carbons (Fsp3) is 0.588. The molecule has 7 nitrogen and oxygen atoms in total. The molecule has 0 radical (unpaired) electrons. The Hall–Kier alpha value is -1.67. The van der Waals surface area contributed by atoms with Gasteiger partial charge in [0.25, 0.3) is 0 Å². The molecule has 0 bridgehead atoms. The van der Waals surface area contributed by atoms with Crippen molar-refractivity contribution in [3.63, 3.8) is 0 Å². The fourth-order valence-electron chi connectivity index (χ4n) is 1.78. The summed E-state index contributed by atoms with van der Waals surface area (Å²) in [5, 5.41) is 0. The number of amides is 1. The number of nitrogens with two attached hydrogens (primary N) is 1. The Morgan fingerprint density at radius 2 is 1.38 bits per heavy atom. The van der Waals surface area contributed by atoms with Crippen LogP contribution >= 0.6 is 0 Å². The lowest BCUT2D eigenvalue weighted by molar-refractivity contribution is 0.00668. The molecule has 0 aliphatic rings. The highest BCUT2D eigenvalue weighted by atomic mass is 16.6. The zero-order chi connectivity index (χ0) is 17.5. The Balaban J connectivity index is 1.87. The Kier molecular flexibility index (Phi) is 11.7. The van der Waals surface area contributed by atoms with Gasteiger partial charge in [0.15, 0.2) is 0 Å². The predicted octanol–water partition coefficient (Wildman–Crippen LogP) is 1.25. The molecule has 0 atom stereocenters. The maximum Gasteiger partial charge on any atom is 0.248 e. The van der Waals surface area contributed by atoms with Crippen molar-refractivity contribution in [3.05, 3.63) is 29.8 Å². The second-order valence-corrected chi connectivity index (χ2v) is 4.92. The molecule has 24 heavy (non-hydrogen) atoms. The minimum atomic E-state index is -0.453. The summed E-state index contributed by atoms with van der Waals surface area (Å²) in [6, 6.07) is 6.67. The maximum atomic E-state index is 10.9. The van der Waals surface area contributed by atoms with Crippen molar-refractivity contribution >= 4 is 5.91 Å². The van der Waals surface area contributed by atoms with Gasteiger partial charge in [0.05, 0.1) is 33.0 Å². The minimum Gasteiger partial charge on any atom is -0.491 e. The topological polar surface area (TPSA) is 89.2 Å². The molecule has 7 heteroatoms. The third-order valence-electron chi connectivity index (χ3n) is 3.02. The van der Waals surface area contributed by atoms with E-state index in [1.807, 2.05) is 0 Å². The molecule has 1 amide bonds. The number of ether oxygens (including phenoxy) is 5. The number of primary amides is 1. The quantitative estimate of drug-likeness (QED) is 0.483. The number of carbonyl (C=O) groups is 1. The number of benzene rings is 1. The van der Waals surface area contributed by atoms with E-state index >= 15 is 0 Å². The van der Waals surface area contributed by atoms with Crippen LogP contribution in [0.4, 0.5) is 0 Å². The van der Waals surface area contributed by atoms with Crippen LogP contribution in [0.1, 0.15) is 16.8 Å². The van der Waals surface area contributed by atoms with Crippen molar-refractivity contribution in [2.24, 2.45) is 5.73 Å². The van der Waals surface area contributed by atoms with Gasteiger partial charge in [-0.15, -0.1) is 0 Å². The molecule has 0 fully saturated rings. The first-order valence-electron chi connectivity index (χ1n) is 7.99. The monoisotopic (exact) mass is 341 g/mol. The number of methoxy groups -OCH3 is 1. The van der Waals surface area contributed by atoms with Crippen LogP contribution in [-0.4, -0.2) is 65.9 Å². The van der Waals surface area contributed by atoms with Crippen molar-refractivity contribution in [3.8, 4) is 5.75 Å². The van der Waals surface area contributed by atoms with Gasteiger partial charge in [-0.25, -0.2) is 0 Å². The molecular weight excluding hydrogens is 314 g/mol. The summed E-state index contributed by atoms with van der Waals surface area (Å²) < 4.78 is 26.5. The van der Waals surface area contributed by atoms with E-state index in [-0.39, 0.29) is 0 Å². The van der Waals surface area contributed by atoms with Gasteiger partial charge in [-0.1, -0.05) is 0 Å². The first-order chi connectivity index (χ1) is 11.7. The van der Waals surface area contributed by atoms with Crippen LogP contribution in [0.3, 0.4) is 0 Å². The summed E-state index contributed by atoms with van der Waals surface area (Å²) in [5.41, 5.74) is 5.62. The van der Waals surface area contributed by atoms with Gasteiger partial charge >= 0.3 is 0 Å². The van der Waals surface area contributed by atoms with Crippen LogP contribution in [0.5, 0.6) is 5.75 Å². The molecule has 1 aromatic rings. The number of rotatable bonds is 15.